The molecule has 0 saturated carbocycles. The SMILES string of the molecule is CCN(CC)S(=O)(=O)c1ccc(C)c(C(=O)NCCc2n[nH]c(=S)n2C)c1. The maximum Gasteiger partial charge on any atom is 0.251 e. The fraction of sp³-hybridized carbons (Fsp3) is 0.471. The lowest BCUT2D eigenvalue weighted by atomic mass is 10.1. The van der Waals surface area contributed by atoms with Crippen LogP contribution in [0.1, 0.15) is 35.6 Å². The first kappa shape index (κ1) is 21.3. The first-order chi connectivity index (χ1) is 12.7. The minimum absolute atomic E-state index is 0.122. The summed E-state index contributed by atoms with van der Waals surface area (Å²) in [6.07, 6.45) is 0.506. The highest BCUT2D eigenvalue weighted by Crippen LogP contribution is 2.19. The Morgan fingerprint density at radius 3 is 2.56 bits per heavy atom. The Hall–Kier alpha value is -2.04. The van der Waals surface area contributed by atoms with E-state index in [0.29, 0.717) is 42.0 Å². The molecule has 148 valence electrons. The Bertz CT molecular complexity index is 975. The fourth-order valence-corrected chi connectivity index (χ4v) is 4.34. The third-order valence-corrected chi connectivity index (χ3v) is 6.81. The van der Waals surface area contributed by atoms with Gasteiger partial charge in [-0.3, -0.25) is 9.89 Å². The quantitative estimate of drug-likeness (QED) is 0.645. The van der Waals surface area contributed by atoms with E-state index in [1.54, 1.807) is 38.5 Å². The number of amides is 1. The van der Waals surface area contributed by atoms with Crippen LogP contribution in [-0.2, 0) is 23.5 Å². The summed E-state index contributed by atoms with van der Waals surface area (Å²) in [6.45, 7) is 6.45. The molecule has 0 fully saturated rings. The molecule has 0 saturated heterocycles. The Morgan fingerprint density at radius 2 is 2.00 bits per heavy atom. The maximum atomic E-state index is 12.7. The van der Waals surface area contributed by atoms with Crippen molar-refractivity contribution in [2.24, 2.45) is 7.05 Å². The van der Waals surface area contributed by atoms with E-state index < -0.39 is 10.0 Å². The number of hydrogen-bond acceptors (Lipinski definition) is 5. The number of hydrogen-bond donors (Lipinski definition) is 2. The van der Waals surface area contributed by atoms with E-state index in [9.17, 15) is 13.2 Å². The van der Waals surface area contributed by atoms with Gasteiger partial charge in [0.15, 0.2) is 4.77 Å². The predicted octanol–water partition coefficient (Wildman–Crippen LogP) is 1.79. The first-order valence-electron chi connectivity index (χ1n) is 8.71. The molecule has 2 aromatic rings. The van der Waals surface area contributed by atoms with Crippen molar-refractivity contribution in [3.63, 3.8) is 0 Å². The lowest BCUT2D eigenvalue weighted by molar-refractivity contribution is 0.0953. The van der Waals surface area contributed by atoms with Crippen molar-refractivity contribution >= 4 is 28.1 Å². The van der Waals surface area contributed by atoms with E-state index in [1.807, 2.05) is 0 Å². The summed E-state index contributed by atoms with van der Waals surface area (Å²) < 4.78 is 29.0. The molecule has 0 atom stereocenters. The number of aromatic nitrogens is 3. The van der Waals surface area contributed by atoms with Crippen molar-refractivity contribution < 1.29 is 13.2 Å². The highest BCUT2D eigenvalue weighted by molar-refractivity contribution is 7.89. The molecule has 0 radical (unpaired) electrons. The molecular formula is C17H25N5O3S2. The monoisotopic (exact) mass is 411 g/mol. The van der Waals surface area contributed by atoms with Crippen LogP contribution in [0.5, 0.6) is 0 Å². The smallest absolute Gasteiger partial charge is 0.251 e. The average Bonchev–Trinajstić information content (AvgIpc) is 2.94. The summed E-state index contributed by atoms with van der Waals surface area (Å²) in [7, 11) is -1.82. The van der Waals surface area contributed by atoms with Crippen LogP contribution in [0.4, 0.5) is 0 Å². The fourth-order valence-electron chi connectivity index (χ4n) is 2.71. The molecule has 1 aromatic heterocycles. The number of nitrogens with one attached hydrogen (secondary N) is 2. The van der Waals surface area contributed by atoms with Crippen LogP contribution in [-0.4, -0.2) is 53.0 Å². The molecule has 1 aromatic carbocycles. The summed E-state index contributed by atoms with van der Waals surface area (Å²) >= 11 is 5.06. The maximum absolute atomic E-state index is 12.7. The van der Waals surface area contributed by atoms with E-state index in [2.05, 4.69) is 15.5 Å². The number of carbonyl (C=O) groups excluding carboxylic acids is 1. The largest absolute Gasteiger partial charge is 0.352 e. The summed E-state index contributed by atoms with van der Waals surface area (Å²) in [5.74, 6) is 0.413. The van der Waals surface area contributed by atoms with Crippen molar-refractivity contribution in [2.45, 2.75) is 32.1 Å². The van der Waals surface area contributed by atoms with Gasteiger partial charge in [0.2, 0.25) is 10.0 Å². The van der Waals surface area contributed by atoms with E-state index in [0.717, 1.165) is 5.82 Å². The van der Waals surface area contributed by atoms with Crippen LogP contribution in [0.15, 0.2) is 23.1 Å². The minimum Gasteiger partial charge on any atom is -0.352 e. The van der Waals surface area contributed by atoms with Gasteiger partial charge in [0.05, 0.1) is 4.90 Å². The number of aryl methyl sites for hydroxylation is 1. The van der Waals surface area contributed by atoms with Crippen molar-refractivity contribution in [3.05, 3.63) is 39.9 Å². The van der Waals surface area contributed by atoms with Gasteiger partial charge in [-0.15, -0.1) is 0 Å². The molecule has 0 aliphatic rings. The molecule has 1 heterocycles. The van der Waals surface area contributed by atoms with Gasteiger partial charge in [-0.05, 0) is 36.8 Å². The predicted molar refractivity (Wildman–Crippen MR) is 106 cm³/mol. The van der Waals surface area contributed by atoms with Gasteiger partial charge >= 0.3 is 0 Å². The van der Waals surface area contributed by atoms with Crippen molar-refractivity contribution in [1.29, 1.82) is 0 Å². The molecule has 2 rings (SSSR count). The van der Waals surface area contributed by atoms with Gasteiger partial charge in [0.1, 0.15) is 5.82 Å². The zero-order chi connectivity index (χ0) is 20.2. The lowest BCUT2D eigenvalue weighted by Gasteiger charge is -2.19. The second-order valence-corrected chi connectivity index (χ2v) is 8.40. The van der Waals surface area contributed by atoms with Crippen LogP contribution in [0, 0.1) is 11.7 Å². The van der Waals surface area contributed by atoms with Gasteiger partial charge in [0.25, 0.3) is 5.91 Å². The number of aromatic amines is 1. The summed E-state index contributed by atoms with van der Waals surface area (Å²) in [5, 5.41) is 9.60. The molecule has 8 nitrogen and oxygen atoms in total. The van der Waals surface area contributed by atoms with Crippen LogP contribution < -0.4 is 5.32 Å². The summed E-state index contributed by atoms with van der Waals surface area (Å²) in [6, 6.07) is 4.63. The molecule has 0 spiro atoms. The molecule has 27 heavy (non-hydrogen) atoms. The highest BCUT2D eigenvalue weighted by Gasteiger charge is 2.23. The van der Waals surface area contributed by atoms with Crippen LogP contribution in [0.25, 0.3) is 0 Å². The number of rotatable bonds is 8. The third kappa shape index (κ3) is 4.63. The molecule has 0 bridgehead atoms. The number of sulfonamides is 1. The highest BCUT2D eigenvalue weighted by atomic mass is 32.2. The van der Waals surface area contributed by atoms with Gasteiger partial charge in [0, 0.05) is 38.7 Å². The number of carbonyl (C=O) groups is 1. The standard InChI is InChI=1S/C17H25N5O3S2/c1-5-22(6-2)27(24,25)13-8-7-12(3)14(11-13)16(23)18-10-9-15-19-20-17(26)21(15)4/h7-8,11H,5-6,9-10H2,1-4H3,(H,18,23)(H,20,26). The van der Waals surface area contributed by atoms with Gasteiger partial charge in [-0.25, -0.2) is 8.42 Å². The minimum atomic E-state index is -3.62. The second-order valence-electron chi connectivity index (χ2n) is 6.08. The Morgan fingerprint density at radius 1 is 1.33 bits per heavy atom. The second kappa shape index (κ2) is 8.77. The van der Waals surface area contributed by atoms with Gasteiger partial charge in [-0.1, -0.05) is 19.9 Å². The summed E-state index contributed by atoms with van der Waals surface area (Å²) in [5.41, 5.74) is 1.06. The third-order valence-electron chi connectivity index (χ3n) is 4.40. The molecule has 1 amide bonds. The number of H-pyrrole nitrogens is 1. The normalized spacial score (nSPS) is 11.7. The topological polar surface area (TPSA) is 100 Å². The molecule has 2 N–H and O–H groups in total. The Labute approximate surface area is 164 Å². The van der Waals surface area contributed by atoms with Crippen molar-refractivity contribution in [2.75, 3.05) is 19.6 Å². The van der Waals surface area contributed by atoms with E-state index in [1.165, 1.54) is 16.4 Å². The lowest BCUT2D eigenvalue weighted by Crippen LogP contribution is -2.31. The molecule has 0 aliphatic heterocycles. The molecule has 10 heteroatoms. The number of benzene rings is 1. The Kier molecular flexibility index (Phi) is 6.90. The van der Waals surface area contributed by atoms with Crippen LogP contribution in [0.3, 0.4) is 0 Å². The van der Waals surface area contributed by atoms with Crippen LogP contribution >= 0.6 is 12.2 Å². The summed E-state index contributed by atoms with van der Waals surface area (Å²) in [4.78, 5) is 12.7. The van der Waals surface area contributed by atoms with E-state index >= 15 is 0 Å². The van der Waals surface area contributed by atoms with E-state index in [-0.39, 0.29) is 10.8 Å². The van der Waals surface area contributed by atoms with Gasteiger partial charge < -0.3 is 9.88 Å². The first-order valence-corrected chi connectivity index (χ1v) is 10.6. The van der Waals surface area contributed by atoms with Crippen molar-refractivity contribution in [1.82, 2.24) is 24.4 Å². The van der Waals surface area contributed by atoms with E-state index in [4.69, 9.17) is 12.2 Å². The Balaban J connectivity index is 2.16. The average molecular weight is 412 g/mol. The van der Waals surface area contributed by atoms with Crippen LogP contribution in [0.2, 0.25) is 0 Å². The zero-order valence-electron chi connectivity index (χ0n) is 15.9. The zero-order valence-corrected chi connectivity index (χ0v) is 17.6. The molecular weight excluding hydrogens is 386 g/mol. The molecule has 0 unspecified atom stereocenters. The molecule has 0 aliphatic carbocycles. The van der Waals surface area contributed by atoms with Gasteiger partial charge in [-0.2, -0.15) is 9.40 Å². The number of nitrogens with zero attached hydrogens (tertiary/aromatic N) is 3. The van der Waals surface area contributed by atoms with Crippen molar-refractivity contribution in [3.8, 4) is 0 Å².